The molecule has 0 aromatic carbocycles. The van der Waals surface area contributed by atoms with Crippen molar-refractivity contribution in [2.75, 3.05) is 32.7 Å². The number of nitrogens with zero attached hydrogens (tertiary/aromatic N) is 1. The topological polar surface area (TPSA) is 24.5 Å². The van der Waals surface area contributed by atoms with Crippen molar-refractivity contribution in [2.45, 2.75) is 52.2 Å². The van der Waals surface area contributed by atoms with E-state index in [9.17, 15) is 0 Å². The maximum absolute atomic E-state index is 6.22. The van der Waals surface area contributed by atoms with Gasteiger partial charge in [0, 0.05) is 19.6 Å². The summed E-state index contributed by atoms with van der Waals surface area (Å²) < 4.78 is 6.22. The van der Waals surface area contributed by atoms with Crippen molar-refractivity contribution in [3.63, 3.8) is 0 Å². The van der Waals surface area contributed by atoms with Crippen molar-refractivity contribution in [1.29, 1.82) is 0 Å². The molecule has 0 aromatic rings. The summed E-state index contributed by atoms with van der Waals surface area (Å²) in [6.07, 6.45) is 4.60. The monoisotopic (exact) mass is 240 g/mol. The average molecular weight is 240 g/mol. The molecule has 0 aromatic heterocycles. The summed E-state index contributed by atoms with van der Waals surface area (Å²) in [7, 11) is 0. The van der Waals surface area contributed by atoms with E-state index in [1.165, 1.54) is 32.4 Å². The molecule has 0 unspecified atom stereocenters. The first-order valence-electron chi connectivity index (χ1n) is 7.11. The normalized spacial score (nSPS) is 28.8. The third-order valence-electron chi connectivity index (χ3n) is 3.60. The maximum atomic E-state index is 6.22. The number of hydrogen-bond donors (Lipinski definition) is 1. The number of nitrogens with one attached hydrogen (secondary N) is 1. The quantitative estimate of drug-likeness (QED) is 0.815. The van der Waals surface area contributed by atoms with Crippen LogP contribution in [0.5, 0.6) is 0 Å². The molecule has 2 fully saturated rings. The van der Waals surface area contributed by atoms with Gasteiger partial charge < -0.3 is 15.0 Å². The fourth-order valence-corrected chi connectivity index (χ4v) is 2.93. The third kappa shape index (κ3) is 4.57. The van der Waals surface area contributed by atoms with E-state index in [0.717, 1.165) is 19.6 Å². The predicted octanol–water partition coefficient (Wildman–Crippen LogP) is 1.88. The lowest BCUT2D eigenvalue weighted by Gasteiger charge is -2.28. The molecular weight excluding hydrogens is 212 g/mol. The van der Waals surface area contributed by atoms with Crippen LogP contribution in [0.4, 0.5) is 0 Å². The average Bonchev–Trinajstić information content (AvgIpc) is 2.64. The van der Waals surface area contributed by atoms with Gasteiger partial charge in [-0.3, -0.25) is 0 Å². The lowest BCUT2D eigenvalue weighted by Crippen LogP contribution is -2.36. The standard InChI is InChI=1S/C14H28N2O/c1-14(2,3)11-16-9-6-13(10-16)17-12-4-7-15-8-5-12/h12-13,15H,4-11H2,1-3H3/t13-/m0/s1. The molecule has 0 saturated carbocycles. The van der Waals surface area contributed by atoms with Crippen molar-refractivity contribution in [2.24, 2.45) is 5.41 Å². The number of piperidine rings is 1. The van der Waals surface area contributed by atoms with Crippen LogP contribution in [0.15, 0.2) is 0 Å². The largest absolute Gasteiger partial charge is 0.374 e. The van der Waals surface area contributed by atoms with Gasteiger partial charge in [0.1, 0.15) is 0 Å². The van der Waals surface area contributed by atoms with Crippen LogP contribution >= 0.6 is 0 Å². The Morgan fingerprint density at radius 1 is 1.12 bits per heavy atom. The van der Waals surface area contributed by atoms with Crippen LogP contribution in [0.3, 0.4) is 0 Å². The highest BCUT2D eigenvalue weighted by atomic mass is 16.5. The lowest BCUT2D eigenvalue weighted by molar-refractivity contribution is -0.0216. The van der Waals surface area contributed by atoms with Crippen molar-refractivity contribution < 1.29 is 4.74 Å². The van der Waals surface area contributed by atoms with Gasteiger partial charge in [0.2, 0.25) is 0 Å². The third-order valence-corrected chi connectivity index (χ3v) is 3.60. The van der Waals surface area contributed by atoms with Crippen molar-refractivity contribution in [3.8, 4) is 0 Å². The second-order valence-corrected chi connectivity index (χ2v) is 6.79. The van der Waals surface area contributed by atoms with E-state index < -0.39 is 0 Å². The predicted molar refractivity (Wildman–Crippen MR) is 71.3 cm³/mol. The first kappa shape index (κ1) is 13.3. The Bertz CT molecular complexity index is 231. The van der Waals surface area contributed by atoms with Crippen molar-refractivity contribution >= 4 is 0 Å². The molecule has 0 bridgehead atoms. The highest BCUT2D eigenvalue weighted by Crippen LogP contribution is 2.22. The highest BCUT2D eigenvalue weighted by Gasteiger charge is 2.28. The van der Waals surface area contributed by atoms with Crippen LogP contribution in [0, 0.1) is 5.41 Å². The van der Waals surface area contributed by atoms with Gasteiger partial charge in [-0.1, -0.05) is 20.8 Å². The van der Waals surface area contributed by atoms with E-state index in [1.807, 2.05) is 0 Å². The van der Waals surface area contributed by atoms with E-state index in [2.05, 4.69) is 31.0 Å². The Labute approximate surface area is 106 Å². The molecule has 3 nitrogen and oxygen atoms in total. The number of likely N-dealkylation sites (tertiary alicyclic amines) is 1. The Morgan fingerprint density at radius 2 is 1.82 bits per heavy atom. The second kappa shape index (κ2) is 5.68. The Morgan fingerprint density at radius 3 is 2.47 bits per heavy atom. The summed E-state index contributed by atoms with van der Waals surface area (Å²) >= 11 is 0. The van der Waals surface area contributed by atoms with Crippen LogP contribution in [0.25, 0.3) is 0 Å². The molecule has 2 rings (SSSR count). The zero-order valence-electron chi connectivity index (χ0n) is 11.7. The molecule has 0 radical (unpaired) electrons. The first-order valence-corrected chi connectivity index (χ1v) is 7.11. The Balaban J connectivity index is 1.70. The van der Waals surface area contributed by atoms with Gasteiger partial charge in [0.05, 0.1) is 12.2 Å². The van der Waals surface area contributed by atoms with Crippen LogP contribution in [-0.4, -0.2) is 49.8 Å². The molecule has 0 amide bonds. The molecule has 0 aliphatic carbocycles. The highest BCUT2D eigenvalue weighted by molar-refractivity contribution is 4.81. The van der Waals surface area contributed by atoms with Crippen molar-refractivity contribution in [1.82, 2.24) is 10.2 Å². The molecule has 17 heavy (non-hydrogen) atoms. The SMILES string of the molecule is CC(C)(C)CN1CC[C@H](OC2CCNCC2)C1. The van der Waals surface area contributed by atoms with Gasteiger partial charge in [-0.25, -0.2) is 0 Å². The van der Waals surface area contributed by atoms with E-state index in [1.54, 1.807) is 0 Å². The molecule has 2 aliphatic heterocycles. The van der Waals surface area contributed by atoms with Gasteiger partial charge >= 0.3 is 0 Å². The smallest absolute Gasteiger partial charge is 0.0717 e. The van der Waals surface area contributed by atoms with Gasteiger partial charge in [0.15, 0.2) is 0 Å². The number of rotatable bonds is 3. The van der Waals surface area contributed by atoms with E-state index in [-0.39, 0.29) is 0 Å². The summed E-state index contributed by atoms with van der Waals surface area (Å²) in [6, 6.07) is 0. The minimum Gasteiger partial charge on any atom is -0.374 e. The molecule has 0 spiro atoms. The van der Waals surface area contributed by atoms with E-state index >= 15 is 0 Å². The molecular formula is C14H28N2O. The summed E-state index contributed by atoms with van der Waals surface area (Å²) in [5.41, 5.74) is 0.406. The molecule has 1 atom stereocenters. The van der Waals surface area contributed by atoms with Gasteiger partial charge in [-0.2, -0.15) is 0 Å². The minimum absolute atomic E-state index is 0.406. The fraction of sp³-hybridized carbons (Fsp3) is 1.00. The maximum Gasteiger partial charge on any atom is 0.0717 e. The summed E-state index contributed by atoms with van der Waals surface area (Å²) in [6.45, 7) is 12.7. The van der Waals surface area contributed by atoms with Crippen LogP contribution in [-0.2, 0) is 4.74 Å². The van der Waals surface area contributed by atoms with Crippen LogP contribution in [0.2, 0.25) is 0 Å². The summed E-state index contributed by atoms with van der Waals surface area (Å²) in [4.78, 5) is 2.56. The molecule has 2 saturated heterocycles. The zero-order chi connectivity index (χ0) is 12.3. The second-order valence-electron chi connectivity index (χ2n) is 6.79. The molecule has 1 N–H and O–H groups in total. The first-order chi connectivity index (χ1) is 8.03. The minimum atomic E-state index is 0.406. The van der Waals surface area contributed by atoms with Crippen LogP contribution in [0.1, 0.15) is 40.0 Å². The zero-order valence-corrected chi connectivity index (χ0v) is 11.7. The molecule has 2 heterocycles. The van der Waals surface area contributed by atoms with Crippen LogP contribution < -0.4 is 5.32 Å². The summed E-state index contributed by atoms with van der Waals surface area (Å²) in [5, 5.41) is 3.39. The molecule has 100 valence electrons. The van der Waals surface area contributed by atoms with Crippen molar-refractivity contribution in [3.05, 3.63) is 0 Å². The van der Waals surface area contributed by atoms with Gasteiger partial charge in [-0.05, 0) is 37.8 Å². The number of hydrogen-bond acceptors (Lipinski definition) is 3. The molecule has 3 heteroatoms. The Hall–Kier alpha value is -0.120. The van der Waals surface area contributed by atoms with Gasteiger partial charge in [-0.15, -0.1) is 0 Å². The lowest BCUT2D eigenvalue weighted by atomic mass is 9.96. The van der Waals surface area contributed by atoms with Gasteiger partial charge in [0.25, 0.3) is 0 Å². The Kier molecular flexibility index (Phi) is 4.45. The molecule has 2 aliphatic rings. The summed E-state index contributed by atoms with van der Waals surface area (Å²) in [5.74, 6) is 0. The fourth-order valence-electron chi connectivity index (χ4n) is 2.93. The number of ether oxygens (including phenoxy) is 1. The van der Waals surface area contributed by atoms with E-state index in [4.69, 9.17) is 4.74 Å². The van der Waals surface area contributed by atoms with E-state index in [0.29, 0.717) is 17.6 Å².